The Hall–Kier alpha value is -1.79. The molecule has 0 radical (unpaired) electrons. The monoisotopic (exact) mass is 303 g/mol. The van der Waals surface area contributed by atoms with Crippen molar-refractivity contribution in [3.05, 3.63) is 40.7 Å². The molecule has 2 aliphatic rings. The summed E-state index contributed by atoms with van der Waals surface area (Å²) >= 11 is 0. The lowest BCUT2D eigenvalue weighted by molar-refractivity contribution is 0.158. The fraction of sp³-hybridized carbons (Fsp3) is 0.500. The van der Waals surface area contributed by atoms with Crippen LogP contribution in [0.4, 0.5) is 4.39 Å². The number of aromatic nitrogens is 2. The summed E-state index contributed by atoms with van der Waals surface area (Å²) in [5, 5.41) is 0.328. The molecule has 1 aromatic carbocycles. The third-order valence-electron chi connectivity index (χ3n) is 4.75. The minimum atomic E-state index is -0.458. The fourth-order valence-electron chi connectivity index (χ4n) is 3.59. The van der Waals surface area contributed by atoms with E-state index in [1.165, 1.54) is 25.2 Å². The Labute approximate surface area is 127 Å². The minimum absolute atomic E-state index is 0.0502. The first-order chi connectivity index (χ1) is 10.8. The molecular weight excluding hydrogens is 285 g/mol. The molecule has 2 atom stereocenters. The molecule has 0 unspecified atom stereocenters. The van der Waals surface area contributed by atoms with Gasteiger partial charge >= 0.3 is 0 Å². The molecule has 1 aromatic heterocycles. The van der Waals surface area contributed by atoms with Gasteiger partial charge in [0.05, 0.1) is 37.0 Å². The van der Waals surface area contributed by atoms with Crippen molar-refractivity contribution in [2.75, 3.05) is 26.3 Å². The van der Waals surface area contributed by atoms with Crippen molar-refractivity contribution in [2.24, 2.45) is 0 Å². The summed E-state index contributed by atoms with van der Waals surface area (Å²) in [6, 6.07) is 4.66. The number of likely N-dealkylation sites (tertiary alicyclic amines) is 1. The van der Waals surface area contributed by atoms with Crippen molar-refractivity contribution < 1.29 is 9.13 Å². The molecular formula is C16H18FN3O2. The molecule has 116 valence electrons. The molecule has 0 amide bonds. The number of hydrogen-bond donors (Lipinski definition) is 0. The summed E-state index contributed by atoms with van der Waals surface area (Å²) in [4.78, 5) is 19.3. The van der Waals surface area contributed by atoms with Crippen LogP contribution in [0.2, 0.25) is 0 Å². The Bertz CT molecular complexity index is 755. The molecule has 22 heavy (non-hydrogen) atoms. The Morgan fingerprint density at radius 1 is 1.18 bits per heavy atom. The summed E-state index contributed by atoms with van der Waals surface area (Å²) in [5.41, 5.74) is -0.0513. The van der Waals surface area contributed by atoms with Crippen LogP contribution in [-0.4, -0.2) is 46.8 Å². The van der Waals surface area contributed by atoms with Gasteiger partial charge in [-0.1, -0.05) is 6.07 Å². The first kappa shape index (κ1) is 13.8. The molecule has 0 saturated carbocycles. The topological polar surface area (TPSA) is 47.4 Å². The molecule has 2 fully saturated rings. The van der Waals surface area contributed by atoms with Crippen LogP contribution in [0, 0.1) is 5.82 Å². The molecule has 0 spiro atoms. The lowest BCUT2D eigenvalue weighted by Crippen LogP contribution is -2.42. The summed E-state index contributed by atoms with van der Waals surface area (Å²) < 4.78 is 21.0. The number of benzene rings is 1. The maximum atomic E-state index is 13.8. The van der Waals surface area contributed by atoms with E-state index in [1.54, 1.807) is 16.7 Å². The number of ether oxygens (including phenoxy) is 1. The number of fused-ring (bicyclic) bond motifs is 1. The number of nitrogens with zero attached hydrogens (tertiary/aromatic N) is 3. The summed E-state index contributed by atoms with van der Waals surface area (Å²) in [5.74, 6) is -0.458. The standard InChI is InChI=1S/C16H18FN3O2/c17-12-5-3-4-11-15(12)18-10-20(16(11)21)14-9-22-8-13(14)19-6-1-2-7-19/h3-5,10,13-14H,1-2,6-9H2/t13-,14-/m0/s1. The van der Waals surface area contributed by atoms with Gasteiger partial charge in [-0.3, -0.25) is 14.3 Å². The average Bonchev–Trinajstić information content (AvgIpc) is 3.19. The van der Waals surface area contributed by atoms with Crippen molar-refractivity contribution in [2.45, 2.75) is 24.9 Å². The number of hydrogen-bond acceptors (Lipinski definition) is 4. The lowest BCUT2D eigenvalue weighted by Gasteiger charge is -2.28. The highest BCUT2D eigenvalue weighted by atomic mass is 19.1. The van der Waals surface area contributed by atoms with Crippen molar-refractivity contribution in [1.82, 2.24) is 14.5 Å². The largest absolute Gasteiger partial charge is 0.378 e. The van der Waals surface area contributed by atoms with Gasteiger partial charge in [0.2, 0.25) is 0 Å². The van der Waals surface area contributed by atoms with Crippen LogP contribution in [0.3, 0.4) is 0 Å². The van der Waals surface area contributed by atoms with Crippen molar-refractivity contribution in [3.63, 3.8) is 0 Å². The van der Waals surface area contributed by atoms with Crippen LogP contribution < -0.4 is 5.56 Å². The normalized spacial score (nSPS) is 26.0. The predicted octanol–water partition coefficient (Wildman–Crippen LogP) is 1.57. The maximum Gasteiger partial charge on any atom is 0.261 e. The SMILES string of the molecule is O=c1c2cccc(F)c2ncn1[C@H]1COC[C@@H]1N1CCCC1. The van der Waals surface area contributed by atoms with Gasteiger partial charge in [-0.05, 0) is 38.1 Å². The first-order valence-corrected chi connectivity index (χ1v) is 7.73. The van der Waals surface area contributed by atoms with Gasteiger partial charge in [-0.2, -0.15) is 0 Å². The van der Waals surface area contributed by atoms with E-state index in [0.717, 1.165) is 13.1 Å². The second-order valence-electron chi connectivity index (χ2n) is 6.01. The maximum absolute atomic E-state index is 13.8. The van der Waals surface area contributed by atoms with Gasteiger partial charge < -0.3 is 4.74 Å². The predicted molar refractivity (Wildman–Crippen MR) is 80.4 cm³/mol. The van der Waals surface area contributed by atoms with Crippen molar-refractivity contribution in [1.29, 1.82) is 0 Å². The molecule has 0 aliphatic carbocycles. The van der Waals surface area contributed by atoms with Crippen LogP contribution in [-0.2, 0) is 4.74 Å². The molecule has 2 saturated heterocycles. The third-order valence-corrected chi connectivity index (χ3v) is 4.75. The Kier molecular flexibility index (Phi) is 3.43. The molecule has 0 N–H and O–H groups in total. The first-order valence-electron chi connectivity index (χ1n) is 7.73. The average molecular weight is 303 g/mol. The lowest BCUT2D eigenvalue weighted by atomic mass is 10.1. The smallest absolute Gasteiger partial charge is 0.261 e. The fourth-order valence-corrected chi connectivity index (χ4v) is 3.59. The van der Waals surface area contributed by atoms with Crippen LogP contribution in [0.1, 0.15) is 18.9 Å². The molecule has 5 nitrogen and oxygen atoms in total. The second kappa shape index (κ2) is 5.44. The zero-order valence-electron chi connectivity index (χ0n) is 12.2. The molecule has 2 aliphatic heterocycles. The number of rotatable bonds is 2. The van der Waals surface area contributed by atoms with Crippen molar-refractivity contribution >= 4 is 10.9 Å². The van der Waals surface area contributed by atoms with E-state index in [2.05, 4.69) is 9.88 Å². The summed E-state index contributed by atoms with van der Waals surface area (Å²) in [7, 11) is 0. The summed E-state index contributed by atoms with van der Waals surface area (Å²) in [6.07, 6.45) is 3.86. The van der Waals surface area contributed by atoms with Gasteiger partial charge in [0.1, 0.15) is 11.3 Å². The quantitative estimate of drug-likeness (QED) is 0.845. The Balaban J connectivity index is 1.77. The van der Waals surface area contributed by atoms with E-state index >= 15 is 0 Å². The highest BCUT2D eigenvalue weighted by Gasteiger charge is 2.36. The van der Waals surface area contributed by atoms with Gasteiger partial charge in [-0.25, -0.2) is 9.37 Å². The van der Waals surface area contributed by atoms with E-state index in [9.17, 15) is 9.18 Å². The number of para-hydroxylation sites is 1. The highest BCUT2D eigenvalue weighted by Crippen LogP contribution is 2.26. The highest BCUT2D eigenvalue weighted by molar-refractivity contribution is 5.77. The van der Waals surface area contributed by atoms with Crippen LogP contribution in [0.15, 0.2) is 29.3 Å². The second-order valence-corrected chi connectivity index (χ2v) is 6.01. The molecule has 2 aromatic rings. The molecule has 0 bridgehead atoms. The van der Waals surface area contributed by atoms with Crippen LogP contribution >= 0.6 is 0 Å². The Morgan fingerprint density at radius 2 is 1.95 bits per heavy atom. The van der Waals surface area contributed by atoms with E-state index in [1.807, 2.05) is 0 Å². The third kappa shape index (κ3) is 2.14. The van der Waals surface area contributed by atoms with E-state index in [-0.39, 0.29) is 23.2 Å². The van der Waals surface area contributed by atoms with Gasteiger partial charge in [-0.15, -0.1) is 0 Å². The Morgan fingerprint density at radius 3 is 2.77 bits per heavy atom. The molecule has 6 heteroatoms. The van der Waals surface area contributed by atoms with Crippen LogP contribution in [0.25, 0.3) is 10.9 Å². The van der Waals surface area contributed by atoms with E-state index in [0.29, 0.717) is 18.6 Å². The van der Waals surface area contributed by atoms with E-state index < -0.39 is 5.82 Å². The number of halogens is 1. The summed E-state index contributed by atoms with van der Waals surface area (Å²) in [6.45, 7) is 3.24. The van der Waals surface area contributed by atoms with E-state index in [4.69, 9.17) is 4.74 Å². The molecule has 3 heterocycles. The zero-order valence-corrected chi connectivity index (χ0v) is 12.2. The van der Waals surface area contributed by atoms with Gasteiger partial charge in [0, 0.05) is 0 Å². The zero-order chi connectivity index (χ0) is 15.1. The van der Waals surface area contributed by atoms with Crippen LogP contribution in [0.5, 0.6) is 0 Å². The van der Waals surface area contributed by atoms with Gasteiger partial charge in [0.15, 0.2) is 0 Å². The molecule has 4 rings (SSSR count). The van der Waals surface area contributed by atoms with Gasteiger partial charge in [0.25, 0.3) is 5.56 Å². The van der Waals surface area contributed by atoms with Crippen molar-refractivity contribution in [3.8, 4) is 0 Å². The minimum Gasteiger partial charge on any atom is -0.378 e.